The smallest absolute Gasteiger partial charge is 0.0956 e. The number of fused-ring (bicyclic) bond motifs is 1. The van der Waals surface area contributed by atoms with Crippen LogP contribution in [-0.2, 0) is 0 Å². The van der Waals surface area contributed by atoms with Crippen molar-refractivity contribution in [1.29, 1.82) is 0 Å². The van der Waals surface area contributed by atoms with Gasteiger partial charge >= 0.3 is 0 Å². The summed E-state index contributed by atoms with van der Waals surface area (Å²) in [5.41, 5.74) is 8.92. The second-order valence-corrected chi connectivity index (χ2v) is 5.89. The quantitative estimate of drug-likeness (QED) is 0.858. The van der Waals surface area contributed by atoms with E-state index in [4.69, 9.17) is 5.73 Å². The molecule has 0 amide bonds. The molecule has 1 atom stereocenters. The van der Waals surface area contributed by atoms with Gasteiger partial charge in [0.15, 0.2) is 0 Å². The largest absolute Gasteiger partial charge is 0.398 e. The summed E-state index contributed by atoms with van der Waals surface area (Å²) < 4.78 is 0.952. The second-order valence-electron chi connectivity index (χ2n) is 4.97. The molecule has 0 spiro atoms. The molecule has 1 aromatic heterocycles. The van der Waals surface area contributed by atoms with Crippen molar-refractivity contribution in [3.05, 3.63) is 28.9 Å². The van der Waals surface area contributed by atoms with E-state index in [1.165, 1.54) is 12.8 Å². The highest BCUT2D eigenvalue weighted by Crippen LogP contribution is 2.31. The number of benzene rings is 1. The normalized spacial score (nSPS) is 12.6. The molecule has 1 unspecified atom stereocenters. The van der Waals surface area contributed by atoms with Crippen LogP contribution in [0.15, 0.2) is 28.9 Å². The monoisotopic (exact) mass is 321 g/mol. The SMILES string of the molecule is CCCC(C)N(C)c1ccc(N)c2cc(Br)cnc12. The molecule has 2 rings (SSSR count). The van der Waals surface area contributed by atoms with Crippen molar-refractivity contribution in [2.24, 2.45) is 0 Å². The van der Waals surface area contributed by atoms with Gasteiger partial charge in [0.2, 0.25) is 0 Å². The van der Waals surface area contributed by atoms with Crippen molar-refractivity contribution in [2.45, 2.75) is 32.7 Å². The van der Waals surface area contributed by atoms with Crippen molar-refractivity contribution in [3.63, 3.8) is 0 Å². The predicted octanol–water partition coefficient (Wildman–Crippen LogP) is 4.20. The maximum absolute atomic E-state index is 6.05. The third kappa shape index (κ3) is 2.84. The highest BCUT2D eigenvalue weighted by atomic mass is 79.9. The summed E-state index contributed by atoms with van der Waals surface area (Å²) in [6, 6.07) is 6.54. The number of nitrogen functional groups attached to an aromatic ring is 1. The molecule has 3 nitrogen and oxygen atoms in total. The van der Waals surface area contributed by atoms with Gasteiger partial charge in [0, 0.05) is 34.8 Å². The highest BCUT2D eigenvalue weighted by Gasteiger charge is 2.14. The zero-order valence-electron chi connectivity index (χ0n) is 11.7. The van der Waals surface area contributed by atoms with Crippen LogP contribution < -0.4 is 10.6 Å². The Kier molecular flexibility index (Phi) is 4.30. The summed E-state index contributed by atoms with van der Waals surface area (Å²) >= 11 is 3.45. The molecule has 0 bridgehead atoms. The van der Waals surface area contributed by atoms with Gasteiger partial charge in [-0.05, 0) is 47.5 Å². The zero-order chi connectivity index (χ0) is 14.0. The van der Waals surface area contributed by atoms with Gasteiger partial charge in [0.1, 0.15) is 0 Å². The molecular weight excluding hydrogens is 302 g/mol. The van der Waals surface area contributed by atoms with Gasteiger partial charge in [0.25, 0.3) is 0 Å². The average Bonchev–Trinajstić information content (AvgIpc) is 2.39. The summed E-state index contributed by atoms with van der Waals surface area (Å²) in [5, 5.41) is 1.00. The summed E-state index contributed by atoms with van der Waals surface area (Å²) in [6.07, 6.45) is 4.17. The van der Waals surface area contributed by atoms with Crippen molar-refractivity contribution in [3.8, 4) is 0 Å². The zero-order valence-corrected chi connectivity index (χ0v) is 13.2. The number of hydrogen-bond acceptors (Lipinski definition) is 3. The van der Waals surface area contributed by atoms with E-state index in [0.717, 1.165) is 26.8 Å². The maximum Gasteiger partial charge on any atom is 0.0956 e. The van der Waals surface area contributed by atoms with Gasteiger partial charge in [-0.15, -0.1) is 0 Å². The molecule has 2 N–H and O–H groups in total. The van der Waals surface area contributed by atoms with Crippen LogP contribution >= 0.6 is 15.9 Å². The van der Waals surface area contributed by atoms with Crippen LogP contribution in [0.1, 0.15) is 26.7 Å². The number of anilines is 2. The van der Waals surface area contributed by atoms with E-state index < -0.39 is 0 Å². The summed E-state index contributed by atoms with van der Waals surface area (Å²) in [4.78, 5) is 6.82. The topological polar surface area (TPSA) is 42.1 Å². The van der Waals surface area contributed by atoms with E-state index in [2.05, 4.69) is 52.8 Å². The van der Waals surface area contributed by atoms with Gasteiger partial charge in [0.05, 0.1) is 11.2 Å². The number of rotatable bonds is 4. The fourth-order valence-electron chi connectivity index (χ4n) is 2.33. The molecule has 0 radical (unpaired) electrons. The molecule has 4 heteroatoms. The van der Waals surface area contributed by atoms with Crippen LogP contribution in [0.25, 0.3) is 10.9 Å². The molecule has 0 saturated carbocycles. The minimum absolute atomic E-state index is 0.488. The van der Waals surface area contributed by atoms with Gasteiger partial charge in [-0.3, -0.25) is 4.98 Å². The van der Waals surface area contributed by atoms with Gasteiger partial charge in [-0.25, -0.2) is 0 Å². The van der Waals surface area contributed by atoms with E-state index in [0.29, 0.717) is 6.04 Å². The Labute approximate surface area is 122 Å². The molecule has 2 aromatic rings. The lowest BCUT2D eigenvalue weighted by Gasteiger charge is -2.27. The molecule has 1 heterocycles. The maximum atomic E-state index is 6.05. The first-order valence-electron chi connectivity index (χ1n) is 6.61. The highest BCUT2D eigenvalue weighted by molar-refractivity contribution is 9.10. The van der Waals surface area contributed by atoms with Crippen molar-refractivity contribution in [1.82, 2.24) is 4.98 Å². The molecule has 1 aromatic carbocycles. The number of nitrogens with zero attached hydrogens (tertiary/aromatic N) is 2. The Balaban J connectivity index is 2.52. The third-order valence-electron chi connectivity index (χ3n) is 3.58. The first-order chi connectivity index (χ1) is 9.04. The number of pyridine rings is 1. The van der Waals surface area contributed by atoms with E-state index in [9.17, 15) is 0 Å². The van der Waals surface area contributed by atoms with E-state index in [-0.39, 0.29) is 0 Å². The standard InChI is InChI=1S/C15H20BrN3/c1-4-5-10(2)19(3)14-7-6-13(17)12-8-11(16)9-18-15(12)14/h6-10H,4-5,17H2,1-3H3. The Morgan fingerprint density at radius 2 is 2.16 bits per heavy atom. The number of aromatic nitrogens is 1. The van der Waals surface area contributed by atoms with Crippen LogP contribution in [0.2, 0.25) is 0 Å². The molecular formula is C15H20BrN3. The van der Waals surface area contributed by atoms with E-state index in [1.54, 1.807) is 0 Å². The Hall–Kier alpha value is -1.29. The summed E-state index contributed by atoms with van der Waals surface area (Å²) in [6.45, 7) is 4.45. The first kappa shape index (κ1) is 14.1. The van der Waals surface area contributed by atoms with Crippen molar-refractivity contribution >= 4 is 38.2 Å². The Bertz CT molecular complexity index is 583. The van der Waals surface area contributed by atoms with Crippen LogP contribution in [-0.4, -0.2) is 18.1 Å². The lowest BCUT2D eigenvalue weighted by atomic mass is 10.1. The van der Waals surface area contributed by atoms with Gasteiger partial charge in [-0.1, -0.05) is 13.3 Å². The number of halogens is 1. The van der Waals surface area contributed by atoms with Crippen LogP contribution in [0.4, 0.5) is 11.4 Å². The number of nitrogens with two attached hydrogens (primary N) is 1. The predicted molar refractivity (Wildman–Crippen MR) is 86.6 cm³/mol. The van der Waals surface area contributed by atoms with Crippen molar-refractivity contribution in [2.75, 3.05) is 17.7 Å². The third-order valence-corrected chi connectivity index (χ3v) is 4.01. The summed E-state index contributed by atoms with van der Waals surface area (Å²) in [7, 11) is 2.12. The fraction of sp³-hybridized carbons (Fsp3) is 0.400. The van der Waals surface area contributed by atoms with E-state index in [1.807, 2.05) is 18.3 Å². The lowest BCUT2D eigenvalue weighted by Crippen LogP contribution is -2.28. The lowest BCUT2D eigenvalue weighted by molar-refractivity contribution is 0.617. The molecule has 102 valence electrons. The minimum Gasteiger partial charge on any atom is -0.398 e. The van der Waals surface area contributed by atoms with Crippen LogP contribution in [0.5, 0.6) is 0 Å². The molecule has 0 aliphatic rings. The van der Waals surface area contributed by atoms with Crippen LogP contribution in [0.3, 0.4) is 0 Å². The Morgan fingerprint density at radius 3 is 2.84 bits per heavy atom. The van der Waals surface area contributed by atoms with E-state index >= 15 is 0 Å². The first-order valence-corrected chi connectivity index (χ1v) is 7.40. The van der Waals surface area contributed by atoms with Gasteiger partial charge in [-0.2, -0.15) is 0 Å². The van der Waals surface area contributed by atoms with Crippen molar-refractivity contribution < 1.29 is 0 Å². The van der Waals surface area contributed by atoms with Crippen LogP contribution in [0, 0.1) is 0 Å². The minimum atomic E-state index is 0.488. The Morgan fingerprint density at radius 1 is 1.42 bits per heavy atom. The fourth-order valence-corrected chi connectivity index (χ4v) is 2.67. The molecule has 0 aliphatic carbocycles. The molecule has 19 heavy (non-hydrogen) atoms. The number of hydrogen-bond donors (Lipinski definition) is 1. The second kappa shape index (κ2) is 5.78. The van der Waals surface area contributed by atoms with Gasteiger partial charge < -0.3 is 10.6 Å². The molecule has 0 saturated heterocycles. The summed E-state index contributed by atoms with van der Waals surface area (Å²) in [5.74, 6) is 0. The molecule has 0 fully saturated rings. The molecule has 0 aliphatic heterocycles. The average molecular weight is 322 g/mol.